The minimum Gasteiger partial charge on any atom is -0.376 e. The van der Waals surface area contributed by atoms with E-state index in [2.05, 4.69) is 49.5 Å². The molecule has 2 aromatic rings. The number of carbonyl (C=O) groups is 1. The molecule has 2 rings (SSSR count). The molecule has 0 fully saturated rings. The second-order valence-corrected chi connectivity index (χ2v) is 6.06. The van der Waals surface area contributed by atoms with Crippen LogP contribution in [0.5, 0.6) is 0 Å². The SMILES string of the molecule is Cc1cccc(/C=N\NC(=O)CNc2ccc(I)cc2C)n1. The highest BCUT2D eigenvalue weighted by Crippen LogP contribution is 2.17. The normalized spacial score (nSPS) is 10.7. The van der Waals surface area contributed by atoms with Crippen LogP contribution >= 0.6 is 22.6 Å². The summed E-state index contributed by atoms with van der Waals surface area (Å²) in [7, 11) is 0. The Morgan fingerprint density at radius 3 is 2.86 bits per heavy atom. The van der Waals surface area contributed by atoms with Gasteiger partial charge in [0.2, 0.25) is 0 Å². The molecule has 2 N–H and O–H groups in total. The Balaban J connectivity index is 1.83. The molecule has 114 valence electrons. The van der Waals surface area contributed by atoms with Gasteiger partial charge in [-0.05, 0) is 72.3 Å². The fourth-order valence-electron chi connectivity index (χ4n) is 1.85. The van der Waals surface area contributed by atoms with Crippen LogP contribution in [-0.4, -0.2) is 23.7 Å². The Bertz CT molecular complexity index is 700. The summed E-state index contributed by atoms with van der Waals surface area (Å²) >= 11 is 2.26. The number of pyridine rings is 1. The average Bonchev–Trinajstić information content (AvgIpc) is 2.46. The maximum atomic E-state index is 11.7. The Labute approximate surface area is 143 Å². The summed E-state index contributed by atoms with van der Waals surface area (Å²) in [5.41, 5.74) is 6.14. The monoisotopic (exact) mass is 408 g/mol. The molecular formula is C16H17IN4O. The molecule has 0 saturated heterocycles. The summed E-state index contributed by atoms with van der Waals surface area (Å²) in [5, 5.41) is 7.00. The highest BCUT2D eigenvalue weighted by atomic mass is 127. The first kappa shape index (κ1) is 16.4. The summed E-state index contributed by atoms with van der Waals surface area (Å²) < 4.78 is 1.17. The van der Waals surface area contributed by atoms with Crippen molar-refractivity contribution >= 4 is 40.4 Å². The summed E-state index contributed by atoms with van der Waals surface area (Å²) in [6, 6.07) is 11.6. The van der Waals surface area contributed by atoms with E-state index in [9.17, 15) is 4.79 Å². The summed E-state index contributed by atoms with van der Waals surface area (Å²) in [5.74, 6) is -0.207. The molecule has 0 aliphatic carbocycles. The standard InChI is InChI=1S/C16H17IN4O/c1-11-8-13(17)6-7-15(11)18-10-16(22)21-19-9-14-5-3-4-12(2)20-14/h3-9,18H,10H2,1-2H3,(H,21,22)/b19-9-. The zero-order chi connectivity index (χ0) is 15.9. The molecule has 0 aliphatic heterocycles. The van der Waals surface area contributed by atoms with Gasteiger partial charge in [-0.25, -0.2) is 5.43 Å². The van der Waals surface area contributed by atoms with Gasteiger partial charge in [0.25, 0.3) is 5.91 Å². The minimum absolute atomic E-state index is 0.167. The fourth-order valence-corrected chi connectivity index (χ4v) is 2.49. The lowest BCUT2D eigenvalue weighted by molar-refractivity contribution is -0.119. The molecule has 0 saturated carbocycles. The van der Waals surface area contributed by atoms with Crippen molar-refractivity contribution < 1.29 is 4.79 Å². The van der Waals surface area contributed by atoms with E-state index >= 15 is 0 Å². The van der Waals surface area contributed by atoms with Crippen LogP contribution in [0.3, 0.4) is 0 Å². The molecule has 22 heavy (non-hydrogen) atoms. The number of hydrazone groups is 1. The number of anilines is 1. The predicted octanol–water partition coefficient (Wildman–Crippen LogP) is 2.87. The van der Waals surface area contributed by atoms with Crippen molar-refractivity contribution in [1.82, 2.24) is 10.4 Å². The van der Waals surface area contributed by atoms with Gasteiger partial charge in [-0.2, -0.15) is 5.10 Å². The van der Waals surface area contributed by atoms with E-state index in [0.29, 0.717) is 5.69 Å². The number of halogens is 1. The van der Waals surface area contributed by atoms with Gasteiger partial charge in [-0.3, -0.25) is 9.78 Å². The van der Waals surface area contributed by atoms with E-state index in [-0.39, 0.29) is 12.5 Å². The van der Waals surface area contributed by atoms with Crippen LogP contribution < -0.4 is 10.7 Å². The van der Waals surface area contributed by atoms with E-state index in [1.165, 1.54) is 9.78 Å². The van der Waals surface area contributed by atoms with Crippen molar-refractivity contribution in [2.45, 2.75) is 13.8 Å². The molecule has 1 aromatic heterocycles. The number of carbonyl (C=O) groups excluding carboxylic acids is 1. The first-order chi connectivity index (χ1) is 10.5. The second-order valence-electron chi connectivity index (χ2n) is 4.81. The second kappa shape index (κ2) is 7.88. The Morgan fingerprint density at radius 1 is 1.32 bits per heavy atom. The topological polar surface area (TPSA) is 66.4 Å². The van der Waals surface area contributed by atoms with E-state index in [1.54, 1.807) is 0 Å². The quantitative estimate of drug-likeness (QED) is 0.454. The maximum absolute atomic E-state index is 11.7. The Hall–Kier alpha value is -1.96. The minimum atomic E-state index is -0.207. The van der Waals surface area contributed by atoms with Crippen molar-refractivity contribution in [3.05, 3.63) is 56.9 Å². The summed E-state index contributed by atoms with van der Waals surface area (Å²) in [6.45, 7) is 4.08. The van der Waals surface area contributed by atoms with Crippen LogP contribution in [0.15, 0.2) is 41.5 Å². The van der Waals surface area contributed by atoms with Gasteiger partial charge < -0.3 is 5.32 Å². The zero-order valence-corrected chi connectivity index (χ0v) is 14.6. The number of hydrogen-bond acceptors (Lipinski definition) is 4. The fraction of sp³-hybridized carbons (Fsp3) is 0.188. The molecule has 0 bridgehead atoms. The van der Waals surface area contributed by atoms with Crippen LogP contribution in [-0.2, 0) is 4.79 Å². The highest BCUT2D eigenvalue weighted by molar-refractivity contribution is 14.1. The molecule has 0 atom stereocenters. The highest BCUT2D eigenvalue weighted by Gasteiger charge is 2.02. The van der Waals surface area contributed by atoms with Gasteiger partial charge in [0.15, 0.2) is 0 Å². The number of rotatable bonds is 5. The zero-order valence-electron chi connectivity index (χ0n) is 12.4. The lowest BCUT2D eigenvalue weighted by Crippen LogP contribution is -2.26. The van der Waals surface area contributed by atoms with Gasteiger partial charge in [0, 0.05) is 15.0 Å². The van der Waals surface area contributed by atoms with Crippen molar-refractivity contribution in [3.8, 4) is 0 Å². The number of nitrogens with one attached hydrogen (secondary N) is 2. The number of amides is 1. The molecule has 0 radical (unpaired) electrons. The summed E-state index contributed by atoms with van der Waals surface area (Å²) in [4.78, 5) is 16.0. The third kappa shape index (κ3) is 5.10. The van der Waals surface area contributed by atoms with Crippen LogP contribution in [0, 0.1) is 17.4 Å². The van der Waals surface area contributed by atoms with Gasteiger partial charge >= 0.3 is 0 Å². The molecule has 6 heteroatoms. The molecule has 0 aliphatic rings. The van der Waals surface area contributed by atoms with E-state index in [1.807, 2.05) is 44.2 Å². The van der Waals surface area contributed by atoms with Crippen molar-refractivity contribution in [2.75, 3.05) is 11.9 Å². The maximum Gasteiger partial charge on any atom is 0.259 e. The molecule has 1 aromatic carbocycles. The van der Waals surface area contributed by atoms with Crippen molar-refractivity contribution in [3.63, 3.8) is 0 Å². The number of hydrogen-bond donors (Lipinski definition) is 2. The lowest BCUT2D eigenvalue weighted by atomic mass is 10.2. The Kier molecular flexibility index (Phi) is 5.88. The molecule has 1 heterocycles. The predicted molar refractivity (Wildman–Crippen MR) is 97.1 cm³/mol. The molecule has 0 unspecified atom stereocenters. The third-order valence-electron chi connectivity index (χ3n) is 2.92. The van der Waals surface area contributed by atoms with Gasteiger partial charge in [0.1, 0.15) is 0 Å². The van der Waals surface area contributed by atoms with E-state index in [0.717, 1.165) is 16.9 Å². The smallest absolute Gasteiger partial charge is 0.259 e. The number of benzene rings is 1. The number of aromatic nitrogens is 1. The van der Waals surface area contributed by atoms with Crippen molar-refractivity contribution in [2.24, 2.45) is 5.10 Å². The largest absolute Gasteiger partial charge is 0.376 e. The number of nitrogens with zero attached hydrogens (tertiary/aromatic N) is 2. The molecule has 5 nitrogen and oxygen atoms in total. The van der Waals surface area contributed by atoms with Gasteiger partial charge in [0.05, 0.1) is 18.5 Å². The molecular weight excluding hydrogens is 391 g/mol. The average molecular weight is 408 g/mol. The summed E-state index contributed by atoms with van der Waals surface area (Å²) in [6.07, 6.45) is 1.53. The Morgan fingerprint density at radius 2 is 2.14 bits per heavy atom. The van der Waals surface area contributed by atoms with Gasteiger partial charge in [-0.1, -0.05) is 6.07 Å². The number of aryl methyl sites for hydroxylation is 2. The third-order valence-corrected chi connectivity index (χ3v) is 3.59. The van der Waals surface area contributed by atoms with Crippen LogP contribution in [0.2, 0.25) is 0 Å². The van der Waals surface area contributed by atoms with Gasteiger partial charge in [-0.15, -0.1) is 0 Å². The van der Waals surface area contributed by atoms with Crippen molar-refractivity contribution in [1.29, 1.82) is 0 Å². The molecule has 1 amide bonds. The van der Waals surface area contributed by atoms with Crippen LogP contribution in [0.1, 0.15) is 17.0 Å². The van der Waals surface area contributed by atoms with Crippen LogP contribution in [0.4, 0.5) is 5.69 Å². The van der Waals surface area contributed by atoms with E-state index in [4.69, 9.17) is 0 Å². The van der Waals surface area contributed by atoms with E-state index < -0.39 is 0 Å². The first-order valence-corrected chi connectivity index (χ1v) is 7.88. The first-order valence-electron chi connectivity index (χ1n) is 6.80. The lowest BCUT2D eigenvalue weighted by Gasteiger charge is -2.08. The van der Waals surface area contributed by atoms with Crippen LogP contribution in [0.25, 0.3) is 0 Å². The molecule has 0 spiro atoms.